The number of carbonyl (C=O) groups excluding carboxylic acids is 3. The Bertz CT molecular complexity index is 952. The number of ketones is 3. The number of unbranched alkanes of at least 4 members (excludes halogenated alkanes) is 1. The largest absolute Gasteiger partial charge is 0.300 e. The molecule has 3 nitrogen and oxygen atoms in total. The summed E-state index contributed by atoms with van der Waals surface area (Å²) in [5, 5.41) is 0. The lowest BCUT2D eigenvalue weighted by Gasteiger charge is -2.36. The summed E-state index contributed by atoms with van der Waals surface area (Å²) in [7, 11) is 0. The molecule has 2 aliphatic rings. The average Bonchev–Trinajstić information content (AvgIpc) is 2.86. The minimum Gasteiger partial charge on any atom is -0.300 e. The van der Waals surface area contributed by atoms with Crippen molar-refractivity contribution in [2.24, 2.45) is 29.6 Å². The first-order chi connectivity index (χ1) is 18.2. The van der Waals surface area contributed by atoms with Gasteiger partial charge >= 0.3 is 0 Å². The summed E-state index contributed by atoms with van der Waals surface area (Å²) in [6, 6.07) is 4.65. The third-order valence-corrected chi connectivity index (χ3v) is 9.89. The molecule has 38 heavy (non-hydrogen) atoms. The summed E-state index contributed by atoms with van der Waals surface area (Å²) >= 11 is 0. The lowest BCUT2D eigenvalue weighted by molar-refractivity contribution is -0.129. The molecule has 3 heteroatoms. The van der Waals surface area contributed by atoms with Crippen molar-refractivity contribution in [2.75, 3.05) is 0 Å². The lowest BCUT2D eigenvalue weighted by atomic mass is 9.69. The van der Waals surface area contributed by atoms with Crippen molar-refractivity contribution in [3.63, 3.8) is 0 Å². The molecule has 0 spiro atoms. The van der Waals surface area contributed by atoms with Crippen LogP contribution >= 0.6 is 0 Å². The molecule has 212 valence electrons. The van der Waals surface area contributed by atoms with Crippen molar-refractivity contribution in [2.45, 2.75) is 137 Å². The first-order valence-corrected chi connectivity index (χ1v) is 15.9. The molecule has 3 rings (SSSR count). The molecule has 0 saturated heterocycles. The third kappa shape index (κ3) is 7.66. The maximum Gasteiger partial charge on any atom is 0.163 e. The topological polar surface area (TPSA) is 51.2 Å². The van der Waals surface area contributed by atoms with Gasteiger partial charge in [0, 0.05) is 17.9 Å². The maximum absolute atomic E-state index is 13.7. The number of benzene rings is 1. The first-order valence-electron chi connectivity index (χ1n) is 15.9. The van der Waals surface area contributed by atoms with Crippen LogP contribution in [0.3, 0.4) is 0 Å². The highest BCUT2D eigenvalue weighted by atomic mass is 16.1. The Morgan fingerprint density at radius 3 is 2.29 bits per heavy atom. The van der Waals surface area contributed by atoms with E-state index in [0.717, 1.165) is 49.5 Å². The van der Waals surface area contributed by atoms with Crippen molar-refractivity contribution in [1.29, 1.82) is 0 Å². The second kappa shape index (κ2) is 14.6. The molecule has 0 aromatic heterocycles. The Morgan fingerprint density at radius 2 is 1.68 bits per heavy atom. The molecule has 4 unspecified atom stereocenters. The van der Waals surface area contributed by atoms with E-state index in [2.05, 4.69) is 46.8 Å². The maximum atomic E-state index is 13.7. The molecule has 0 radical (unpaired) electrons. The highest BCUT2D eigenvalue weighted by molar-refractivity contribution is 6.00. The molecule has 2 aliphatic carbocycles. The summed E-state index contributed by atoms with van der Waals surface area (Å²) in [6.07, 6.45) is 14.3. The SMILES string of the molecule is CCCCC(c1ccc2c(c1C)C(=O)CC(CC(CCC)C(CC)C(=O)CC(C)=O)C2)C1CCC(C)CC1. The van der Waals surface area contributed by atoms with Crippen molar-refractivity contribution in [3.05, 3.63) is 34.4 Å². The van der Waals surface area contributed by atoms with Crippen LogP contribution in [0.1, 0.15) is 151 Å². The van der Waals surface area contributed by atoms with Gasteiger partial charge in [-0.2, -0.15) is 0 Å². The van der Waals surface area contributed by atoms with E-state index in [4.69, 9.17) is 0 Å². The van der Waals surface area contributed by atoms with Gasteiger partial charge in [0.05, 0.1) is 6.42 Å². The Hall–Kier alpha value is -1.77. The molecule has 1 fully saturated rings. The fourth-order valence-corrected chi connectivity index (χ4v) is 7.90. The van der Waals surface area contributed by atoms with E-state index in [1.54, 1.807) is 0 Å². The molecule has 0 bridgehead atoms. The van der Waals surface area contributed by atoms with Gasteiger partial charge in [-0.15, -0.1) is 0 Å². The van der Waals surface area contributed by atoms with Gasteiger partial charge in [0.1, 0.15) is 11.6 Å². The van der Waals surface area contributed by atoms with Crippen molar-refractivity contribution >= 4 is 17.3 Å². The van der Waals surface area contributed by atoms with E-state index in [-0.39, 0.29) is 35.7 Å². The zero-order valence-electron chi connectivity index (χ0n) is 25.2. The van der Waals surface area contributed by atoms with Gasteiger partial charge in [-0.3, -0.25) is 14.4 Å². The van der Waals surface area contributed by atoms with Crippen LogP contribution in [0.5, 0.6) is 0 Å². The smallest absolute Gasteiger partial charge is 0.163 e. The van der Waals surface area contributed by atoms with Gasteiger partial charge in [-0.1, -0.05) is 78.4 Å². The van der Waals surface area contributed by atoms with Crippen LogP contribution in [0.4, 0.5) is 0 Å². The van der Waals surface area contributed by atoms with E-state index in [0.29, 0.717) is 18.1 Å². The quantitative estimate of drug-likeness (QED) is 0.229. The van der Waals surface area contributed by atoms with Crippen LogP contribution in [0.2, 0.25) is 0 Å². The summed E-state index contributed by atoms with van der Waals surface area (Å²) in [5.41, 5.74) is 4.92. The highest BCUT2D eigenvalue weighted by Gasteiger charge is 2.35. The first kappa shape index (κ1) is 30.8. The van der Waals surface area contributed by atoms with Gasteiger partial charge in [0.2, 0.25) is 0 Å². The standard InChI is InChI=1S/C35H54O3/c1-7-10-12-32(27-15-13-23(4)14-16-27)31-18-17-29-21-26(22-34(38)35(29)25(31)6)20-28(11-8-2)30(9-3)33(37)19-24(5)36/h17-18,23,26-28,30,32H,7-16,19-22H2,1-6H3. The Morgan fingerprint density at radius 1 is 0.974 bits per heavy atom. The lowest BCUT2D eigenvalue weighted by Crippen LogP contribution is -2.30. The number of carbonyl (C=O) groups is 3. The Labute approximate surface area is 232 Å². The van der Waals surface area contributed by atoms with Gasteiger partial charge in [0.25, 0.3) is 0 Å². The predicted octanol–water partition coefficient (Wildman–Crippen LogP) is 9.22. The number of rotatable bonds is 14. The summed E-state index contributed by atoms with van der Waals surface area (Å²) in [4.78, 5) is 38.2. The van der Waals surface area contributed by atoms with Gasteiger partial charge in [-0.25, -0.2) is 0 Å². The summed E-state index contributed by atoms with van der Waals surface area (Å²) in [5.74, 6) is 2.99. The number of hydrogen-bond donors (Lipinski definition) is 0. The number of hydrogen-bond acceptors (Lipinski definition) is 3. The molecular weight excluding hydrogens is 468 g/mol. The van der Waals surface area contributed by atoms with Crippen LogP contribution < -0.4 is 0 Å². The highest BCUT2D eigenvalue weighted by Crippen LogP contribution is 2.44. The van der Waals surface area contributed by atoms with Crippen LogP contribution in [0.15, 0.2) is 12.1 Å². The molecule has 0 N–H and O–H groups in total. The van der Waals surface area contributed by atoms with E-state index in [1.807, 2.05) is 0 Å². The zero-order chi connectivity index (χ0) is 27.8. The predicted molar refractivity (Wildman–Crippen MR) is 158 cm³/mol. The van der Waals surface area contributed by atoms with Crippen LogP contribution in [-0.4, -0.2) is 17.3 Å². The van der Waals surface area contributed by atoms with E-state index >= 15 is 0 Å². The minimum atomic E-state index is -0.0722. The van der Waals surface area contributed by atoms with E-state index < -0.39 is 0 Å². The molecule has 4 atom stereocenters. The normalized spacial score (nSPS) is 23.9. The average molecular weight is 523 g/mol. The van der Waals surface area contributed by atoms with Crippen molar-refractivity contribution in [3.8, 4) is 0 Å². The molecule has 0 heterocycles. The van der Waals surface area contributed by atoms with Crippen molar-refractivity contribution < 1.29 is 14.4 Å². The second-order valence-corrected chi connectivity index (χ2v) is 12.9. The van der Waals surface area contributed by atoms with Gasteiger partial charge in [-0.05, 0) is 98.7 Å². The van der Waals surface area contributed by atoms with Crippen LogP contribution in [0.25, 0.3) is 0 Å². The zero-order valence-corrected chi connectivity index (χ0v) is 25.2. The van der Waals surface area contributed by atoms with Crippen LogP contribution in [0, 0.1) is 36.5 Å². The number of Topliss-reactive ketones (excluding diaryl/α,β-unsaturated/α-hetero) is 3. The third-order valence-electron chi connectivity index (χ3n) is 9.89. The fraction of sp³-hybridized carbons (Fsp3) is 0.743. The summed E-state index contributed by atoms with van der Waals surface area (Å²) in [6.45, 7) is 12.6. The molecule has 1 saturated carbocycles. The Kier molecular flexibility index (Phi) is 11.8. The van der Waals surface area contributed by atoms with Crippen LogP contribution in [-0.2, 0) is 16.0 Å². The monoisotopic (exact) mass is 522 g/mol. The minimum absolute atomic E-state index is 0.0447. The van der Waals surface area contributed by atoms with E-state index in [1.165, 1.54) is 68.6 Å². The molecule has 1 aromatic rings. The van der Waals surface area contributed by atoms with E-state index in [9.17, 15) is 14.4 Å². The summed E-state index contributed by atoms with van der Waals surface area (Å²) < 4.78 is 0. The van der Waals surface area contributed by atoms with Gasteiger partial charge in [0.15, 0.2) is 5.78 Å². The molecule has 0 amide bonds. The second-order valence-electron chi connectivity index (χ2n) is 12.9. The molecule has 1 aromatic carbocycles. The number of fused-ring (bicyclic) bond motifs is 1. The fourth-order valence-electron chi connectivity index (χ4n) is 7.90. The van der Waals surface area contributed by atoms with Crippen molar-refractivity contribution in [1.82, 2.24) is 0 Å². The molecule has 0 aliphatic heterocycles. The Balaban J connectivity index is 1.82. The van der Waals surface area contributed by atoms with Gasteiger partial charge < -0.3 is 0 Å². The molecular formula is C35H54O3.